The zero-order chi connectivity index (χ0) is 18.4. The van der Waals surface area contributed by atoms with E-state index in [0.717, 1.165) is 5.56 Å². The SMILES string of the molecule is COc1ccc(CC(=O)OCC(=O)Nc2c(Cl)cc(Cl)cc2Cl)cc1. The van der Waals surface area contributed by atoms with Gasteiger partial charge in [-0.1, -0.05) is 46.9 Å². The molecule has 132 valence electrons. The normalized spacial score (nSPS) is 10.2. The van der Waals surface area contributed by atoms with E-state index in [1.165, 1.54) is 12.1 Å². The predicted molar refractivity (Wildman–Crippen MR) is 97.8 cm³/mol. The van der Waals surface area contributed by atoms with E-state index in [1.54, 1.807) is 31.4 Å². The van der Waals surface area contributed by atoms with Crippen LogP contribution in [0.3, 0.4) is 0 Å². The first-order chi connectivity index (χ1) is 11.9. The molecule has 0 fully saturated rings. The summed E-state index contributed by atoms with van der Waals surface area (Å²) in [4.78, 5) is 23.7. The summed E-state index contributed by atoms with van der Waals surface area (Å²) in [6.07, 6.45) is 0.0414. The molecule has 2 rings (SSSR count). The van der Waals surface area contributed by atoms with Gasteiger partial charge in [-0.05, 0) is 29.8 Å². The number of hydrogen-bond donors (Lipinski definition) is 1. The molecular weight excluding hydrogens is 389 g/mol. The van der Waals surface area contributed by atoms with Crippen molar-refractivity contribution in [2.45, 2.75) is 6.42 Å². The van der Waals surface area contributed by atoms with Gasteiger partial charge in [0.15, 0.2) is 6.61 Å². The Morgan fingerprint density at radius 3 is 2.20 bits per heavy atom. The minimum absolute atomic E-state index is 0.0414. The number of carbonyl (C=O) groups is 2. The zero-order valence-electron chi connectivity index (χ0n) is 13.1. The molecule has 0 saturated carbocycles. The first-order valence-corrected chi connectivity index (χ1v) is 8.25. The van der Waals surface area contributed by atoms with E-state index in [2.05, 4.69) is 5.32 Å². The Labute approximate surface area is 159 Å². The van der Waals surface area contributed by atoms with Crippen molar-refractivity contribution in [3.05, 3.63) is 57.0 Å². The van der Waals surface area contributed by atoms with Gasteiger partial charge in [-0.3, -0.25) is 9.59 Å². The molecule has 2 aromatic carbocycles. The van der Waals surface area contributed by atoms with E-state index >= 15 is 0 Å². The van der Waals surface area contributed by atoms with Gasteiger partial charge >= 0.3 is 5.97 Å². The van der Waals surface area contributed by atoms with E-state index < -0.39 is 18.5 Å². The first-order valence-electron chi connectivity index (χ1n) is 7.12. The van der Waals surface area contributed by atoms with Crippen molar-refractivity contribution in [2.75, 3.05) is 19.0 Å². The number of nitrogens with one attached hydrogen (secondary N) is 1. The maximum Gasteiger partial charge on any atom is 0.310 e. The molecule has 25 heavy (non-hydrogen) atoms. The number of halogens is 3. The number of amides is 1. The molecule has 1 amide bonds. The molecule has 0 saturated heterocycles. The molecule has 0 radical (unpaired) electrons. The molecule has 0 heterocycles. The summed E-state index contributed by atoms with van der Waals surface area (Å²) in [5.74, 6) is -0.406. The second-order valence-corrected chi connectivity index (χ2v) is 6.23. The van der Waals surface area contributed by atoms with Crippen molar-refractivity contribution in [2.24, 2.45) is 0 Å². The molecule has 2 aromatic rings. The lowest BCUT2D eigenvalue weighted by Gasteiger charge is -2.10. The number of benzene rings is 2. The van der Waals surface area contributed by atoms with Gasteiger partial charge in [0.1, 0.15) is 5.75 Å². The minimum Gasteiger partial charge on any atom is -0.497 e. The molecule has 1 N–H and O–H groups in total. The quantitative estimate of drug-likeness (QED) is 0.728. The van der Waals surface area contributed by atoms with Gasteiger partial charge in [0.25, 0.3) is 5.91 Å². The Morgan fingerprint density at radius 2 is 1.64 bits per heavy atom. The van der Waals surface area contributed by atoms with Crippen molar-refractivity contribution < 1.29 is 19.1 Å². The highest BCUT2D eigenvalue weighted by atomic mass is 35.5. The van der Waals surface area contributed by atoms with Crippen LogP contribution in [0.5, 0.6) is 5.75 Å². The van der Waals surface area contributed by atoms with Crippen LogP contribution in [0.15, 0.2) is 36.4 Å². The van der Waals surface area contributed by atoms with Crippen LogP contribution in [0, 0.1) is 0 Å². The smallest absolute Gasteiger partial charge is 0.310 e. The van der Waals surface area contributed by atoms with Crippen molar-refractivity contribution in [1.29, 1.82) is 0 Å². The molecule has 0 unspecified atom stereocenters. The Bertz CT molecular complexity index is 755. The van der Waals surface area contributed by atoms with Crippen LogP contribution < -0.4 is 10.1 Å². The van der Waals surface area contributed by atoms with E-state index in [0.29, 0.717) is 10.8 Å². The zero-order valence-corrected chi connectivity index (χ0v) is 15.4. The fraction of sp³-hybridized carbons (Fsp3) is 0.176. The van der Waals surface area contributed by atoms with Crippen molar-refractivity contribution in [3.63, 3.8) is 0 Å². The van der Waals surface area contributed by atoms with Gasteiger partial charge in [-0.25, -0.2) is 0 Å². The highest BCUT2D eigenvalue weighted by Gasteiger charge is 2.13. The summed E-state index contributed by atoms with van der Waals surface area (Å²) in [7, 11) is 1.56. The highest BCUT2D eigenvalue weighted by molar-refractivity contribution is 6.42. The van der Waals surface area contributed by atoms with Crippen LogP contribution in [0.25, 0.3) is 0 Å². The third-order valence-corrected chi connectivity index (χ3v) is 3.96. The maximum absolute atomic E-state index is 11.9. The molecule has 0 aliphatic rings. The maximum atomic E-state index is 11.9. The predicted octanol–water partition coefficient (Wildman–Crippen LogP) is 4.38. The Kier molecular flexibility index (Phi) is 6.93. The molecule has 0 aromatic heterocycles. The number of ether oxygens (including phenoxy) is 2. The lowest BCUT2D eigenvalue weighted by molar-refractivity contribution is -0.146. The van der Waals surface area contributed by atoms with E-state index in [1.807, 2.05) is 0 Å². The van der Waals surface area contributed by atoms with Gasteiger partial charge in [0.2, 0.25) is 0 Å². The number of anilines is 1. The Balaban J connectivity index is 1.86. The topological polar surface area (TPSA) is 64.6 Å². The number of hydrogen-bond acceptors (Lipinski definition) is 4. The van der Waals surface area contributed by atoms with Crippen LogP contribution >= 0.6 is 34.8 Å². The van der Waals surface area contributed by atoms with E-state index in [-0.39, 0.29) is 22.2 Å². The molecule has 5 nitrogen and oxygen atoms in total. The molecule has 0 aliphatic carbocycles. The summed E-state index contributed by atoms with van der Waals surface area (Å²) >= 11 is 17.7. The van der Waals surface area contributed by atoms with Crippen molar-refractivity contribution >= 4 is 52.4 Å². The van der Waals surface area contributed by atoms with E-state index in [4.69, 9.17) is 44.3 Å². The monoisotopic (exact) mass is 401 g/mol. The second-order valence-electron chi connectivity index (χ2n) is 4.98. The van der Waals surface area contributed by atoms with Crippen LogP contribution in [-0.2, 0) is 20.7 Å². The largest absolute Gasteiger partial charge is 0.497 e. The number of rotatable bonds is 6. The highest BCUT2D eigenvalue weighted by Crippen LogP contribution is 2.33. The van der Waals surface area contributed by atoms with Crippen LogP contribution in [0.2, 0.25) is 15.1 Å². The van der Waals surface area contributed by atoms with E-state index in [9.17, 15) is 9.59 Å². The lowest BCUT2D eigenvalue weighted by Crippen LogP contribution is -2.22. The van der Waals surface area contributed by atoms with Gasteiger partial charge in [0.05, 0.1) is 29.3 Å². The summed E-state index contributed by atoms with van der Waals surface area (Å²) in [6, 6.07) is 9.85. The molecule has 0 bridgehead atoms. The Morgan fingerprint density at radius 1 is 1.04 bits per heavy atom. The van der Waals surface area contributed by atoms with Crippen molar-refractivity contribution in [3.8, 4) is 5.75 Å². The molecule has 0 atom stereocenters. The van der Waals surface area contributed by atoms with Crippen molar-refractivity contribution in [1.82, 2.24) is 0 Å². The second kappa shape index (κ2) is 8.94. The number of methoxy groups -OCH3 is 1. The summed E-state index contributed by atoms with van der Waals surface area (Å²) in [5.41, 5.74) is 0.957. The van der Waals surface area contributed by atoms with Gasteiger partial charge in [0, 0.05) is 5.02 Å². The third kappa shape index (κ3) is 5.81. The van der Waals surface area contributed by atoms with Crippen LogP contribution in [0.1, 0.15) is 5.56 Å². The van der Waals surface area contributed by atoms with Gasteiger partial charge in [-0.2, -0.15) is 0 Å². The number of carbonyl (C=O) groups excluding carboxylic acids is 2. The summed E-state index contributed by atoms with van der Waals surface area (Å²) < 4.78 is 9.98. The number of esters is 1. The minimum atomic E-state index is -0.561. The Hall–Kier alpha value is -1.95. The fourth-order valence-corrected chi connectivity index (χ4v) is 2.86. The average molecular weight is 403 g/mol. The third-order valence-electron chi connectivity index (χ3n) is 3.14. The summed E-state index contributed by atoms with van der Waals surface area (Å²) in [5, 5.41) is 3.21. The summed E-state index contributed by atoms with van der Waals surface area (Å²) in [6.45, 7) is -0.454. The van der Waals surface area contributed by atoms with Gasteiger partial charge in [-0.15, -0.1) is 0 Å². The first kappa shape index (κ1) is 19.4. The van der Waals surface area contributed by atoms with Gasteiger partial charge < -0.3 is 14.8 Å². The van der Waals surface area contributed by atoms with Crippen LogP contribution in [0.4, 0.5) is 5.69 Å². The molecule has 0 spiro atoms. The molecule has 0 aliphatic heterocycles. The van der Waals surface area contributed by atoms with Crippen LogP contribution in [-0.4, -0.2) is 25.6 Å². The fourth-order valence-electron chi connectivity index (χ4n) is 1.94. The average Bonchev–Trinajstić information content (AvgIpc) is 2.57. The lowest BCUT2D eigenvalue weighted by atomic mass is 10.1. The standard InChI is InChI=1S/C17H14Cl3NO4/c1-24-12-4-2-10(3-5-12)6-16(23)25-9-15(22)21-17-13(19)7-11(18)8-14(17)20/h2-5,7-8H,6,9H2,1H3,(H,21,22). The molecular formula is C17H14Cl3NO4. The molecule has 8 heteroatoms.